The van der Waals surface area contributed by atoms with Gasteiger partial charge in [0.1, 0.15) is 0 Å². The molecule has 0 aromatic carbocycles. The first-order valence-electron chi connectivity index (χ1n) is 9.59. The Morgan fingerprint density at radius 2 is 1.57 bits per heavy atom. The Morgan fingerprint density at radius 3 is 2.22 bits per heavy atom. The van der Waals surface area contributed by atoms with Crippen LogP contribution >= 0.6 is 0 Å². The van der Waals surface area contributed by atoms with E-state index in [9.17, 15) is 14.7 Å². The SMILES string of the molecule is O=C(NC12CCC(C(=O)O)(CC1)CC2)[C@@H]1C[C@@H]2CCCCC[C@@H]21. The van der Waals surface area contributed by atoms with Crippen LogP contribution < -0.4 is 5.32 Å². The number of carboxylic acid groups (broad SMARTS) is 1. The molecule has 128 valence electrons. The standard InChI is InChI=1S/C19H29NO3/c21-16(15-12-13-4-2-1-3-5-14(13)15)20-19-9-6-18(7-10-19,8-11-19)17(22)23/h13-15H,1-12H2,(H,20,21)(H,22,23)/t13-,14-,15+,18?,19?/m0/s1. The van der Waals surface area contributed by atoms with Gasteiger partial charge in [-0.2, -0.15) is 0 Å². The largest absolute Gasteiger partial charge is 0.481 e. The van der Waals surface area contributed by atoms with Gasteiger partial charge in [-0.3, -0.25) is 9.59 Å². The van der Waals surface area contributed by atoms with E-state index in [-0.39, 0.29) is 17.4 Å². The topological polar surface area (TPSA) is 66.4 Å². The summed E-state index contributed by atoms with van der Waals surface area (Å²) in [6, 6.07) is 0. The third kappa shape index (κ3) is 2.49. The minimum absolute atomic E-state index is 0.0932. The van der Waals surface area contributed by atoms with Crippen LogP contribution in [0.2, 0.25) is 0 Å². The van der Waals surface area contributed by atoms with E-state index in [0.29, 0.717) is 5.92 Å². The molecule has 23 heavy (non-hydrogen) atoms. The molecule has 5 saturated carbocycles. The minimum Gasteiger partial charge on any atom is -0.481 e. The number of fused-ring (bicyclic) bond motifs is 4. The summed E-state index contributed by atoms with van der Waals surface area (Å²) in [5, 5.41) is 12.9. The summed E-state index contributed by atoms with van der Waals surface area (Å²) >= 11 is 0. The maximum atomic E-state index is 12.8. The highest BCUT2D eigenvalue weighted by molar-refractivity contribution is 5.81. The molecule has 0 aliphatic heterocycles. The smallest absolute Gasteiger partial charge is 0.309 e. The van der Waals surface area contributed by atoms with E-state index < -0.39 is 11.4 Å². The van der Waals surface area contributed by atoms with Gasteiger partial charge in [-0.05, 0) is 63.2 Å². The monoisotopic (exact) mass is 319 g/mol. The van der Waals surface area contributed by atoms with Gasteiger partial charge in [0.05, 0.1) is 5.41 Å². The third-order valence-corrected chi connectivity index (χ3v) is 7.72. The molecule has 1 amide bonds. The lowest BCUT2D eigenvalue weighted by atomic mass is 9.56. The van der Waals surface area contributed by atoms with Crippen molar-refractivity contribution in [1.82, 2.24) is 5.32 Å². The maximum absolute atomic E-state index is 12.8. The molecule has 3 atom stereocenters. The van der Waals surface area contributed by atoms with Crippen molar-refractivity contribution in [3.05, 3.63) is 0 Å². The first-order chi connectivity index (χ1) is 11.0. The highest BCUT2D eigenvalue weighted by atomic mass is 16.4. The van der Waals surface area contributed by atoms with Crippen LogP contribution in [0.4, 0.5) is 0 Å². The van der Waals surface area contributed by atoms with Gasteiger partial charge < -0.3 is 10.4 Å². The molecular formula is C19H29NO3. The molecule has 0 aromatic heterocycles. The van der Waals surface area contributed by atoms with E-state index in [1.165, 1.54) is 32.1 Å². The zero-order valence-corrected chi connectivity index (χ0v) is 14.0. The fraction of sp³-hybridized carbons (Fsp3) is 0.895. The van der Waals surface area contributed by atoms with Gasteiger partial charge in [0.2, 0.25) is 5.91 Å². The Balaban J connectivity index is 1.38. The maximum Gasteiger partial charge on any atom is 0.309 e. The number of hydrogen-bond donors (Lipinski definition) is 2. The summed E-state index contributed by atoms with van der Waals surface area (Å²) in [5.41, 5.74) is -0.584. The lowest BCUT2D eigenvalue weighted by molar-refractivity contribution is -0.157. The lowest BCUT2D eigenvalue weighted by Crippen LogP contribution is -2.60. The van der Waals surface area contributed by atoms with Crippen molar-refractivity contribution in [2.24, 2.45) is 23.2 Å². The molecule has 4 nitrogen and oxygen atoms in total. The molecule has 0 saturated heterocycles. The van der Waals surface area contributed by atoms with Crippen LogP contribution in [0.3, 0.4) is 0 Å². The van der Waals surface area contributed by atoms with E-state index in [0.717, 1.165) is 50.9 Å². The second kappa shape index (κ2) is 5.49. The number of amides is 1. The van der Waals surface area contributed by atoms with Crippen molar-refractivity contribution in [3.8, 4) is 0 Å². The number of nitrogens with one attached hydrogen (secondary N) is 1. The molecule has 5 aliphatic rings. The second-order valence-electron chi connectivity index (χ2n) is 8.76. The number of carbonyl (C=O) groups is 2. The number of hydrogen-bond acceptors (Lipinski definition) is 2. The Labute approximate surface area is 138 Å². The summed E-state index contributed by atoms with van der Waals surface area (Å²) < 4.78 is 0. The van der Waals surface area contributed by atoms with E-state index in [2.05, 4.69) is 5.32 Å². The Bertz CT molecular complexity index is 490. The normalized spacial score (nSPS) is 45.5. The van der Waals surface area contributed by atoms with E-state index >= 15 is 0 Å². The van der Waals surface area contributed by atoms with E-state index in [1.807, 2.05) is 0 Å². The summed E-state index contributed by atoms with van der Waals surface area (Å²) in [7, 11) is 0. The number of rotatable bonds is 3. The minimum atomic E-state index is -0.627. The predicted molar refractivity (Wildman–Crippen MR) is 86.8 cm³/mol. The van der Waals surface area contributed by atoms with Crippen molar-refractivity contribution in [2.45, 2.75) is 82.6 Å². The quantitative estimate of drug-likeness (QED) is 0.836. The molecule has 0 spiro atoms. The molecule has 0 radical (unpaired) electrons. The van der Waals surface area contributed by atoms with E-state index in [4.69, 9.17) is 0 Å². The van der Waals surface area contributed by atoms with Crippen molar-refractivity contribution in [3.63, 3.8) is 0 Å². The number of aliphatic carboxylic acids is 1. The Kier molecular flexibility index (Phi) is 3.69. The fourth-order valence-corrected chi connectivity index (χ4v) is 5.89. The predicted octanol–water partition coefficient (Wildman–Crippen LogP) is 3.50. The van der Waals surface area contributed by atoms with Crippen LogP contribution in [0.1, 0.15) is 77.0 Å². The van der Waals surface area contributed by atoms with Crippen LogP contribution in [0, 0.1) is 23.2 Å². The van der Waals surface area contributed by atoms with Crippen LogP contribution in [-0.2, 0) is 9.59 Å². The zero-order chi connectivity index (χ0) is 16.1. The molecule has 5 rings (SSSR count). The van der Waals surface area contributed by atoms with Crippen molar-refractivity contribution in [2.75, 3.05) is 0 Å². The molecule has 4 heteroatoms. The first kappa shape index (κ1) is 15.5. The molecule has 0 aromatic rings. The number of carbonyl (C=O) groups excluding carboxylic acids is 1. The highest BCUT2D eigenvalue weighted by Gasteiger charge is 2.54. The summed E-state index contributed by atoms with van der Waals surface area (Å²) in [6.45, 7) is 0. The third-order valence-electron chi connectivity index (χ3n) is 7.72. The molecule has 0 heterocycles. The van der Waals surface area contributed by atoms with Crippen molar-refractivity contribution < 1.29 is 14.7 Å². The molecule has 2 N–H and O–H groups in total. The van der Waals surface area contributed by atoms with Gasteiger partial charge in [0.25, 0.3) is 0 Å². The first-order valence-corrected chi connectivity index (χ1v) is 9.59. The molecule has 0 unspecified atom stereocenters. The fourth-order valence-electron chi connectivity index (χ4n) is 5.89. The van der Waals surface area contributed by atoms with E-state index in [1.54, 1.807) is 0 Å². The Hall–Kier alpha value is -1.06. The Morgan fingerprint density at radius 1 is 0.913 bits per heavy atom. The highest BCUT2D eigenvalue weighted by Crippen LogP contribution is 2.53. The van der Waals surface area contributed by atoms with Gasteiger partial charge >= 0.3 is 5.97 Å². The molecular weight excluding hydrogens is 290 g/mol. The van der Waals surface area contributed by atoms with Crippen LogP contribution in [0.5, 0.6) is 0 Å². The summed E-state index contributed by atoms with van der Waals surface area (Å²) in [5.74, 6) is 1.30. The van der Waals surface area contributed by atoms with Crippen molar-refractivity contribution >= 4 is 11.9 Å². The van der Waals surface area contributed by atoms with Gasteiger partial charge in [0, 0.05) is 11.5 Å². The summed E-state index contributed by atoms with van der Waals surface area (Å²) in [6.07, 6.45) is 12.4. The van der Waals surface area contributed by atoms with Gasteiger partial charge in [-0.25, -0.2) is 0 Å². The lowest BCUT2D eigenvalue weighted by Gasteiger charge is -2.53. The van der Waals surface area contributed by atoms with Gasteiger partial charge in [0.15, 0.2) is 0 Å². The summed E-state index contributed by atoms with van der Waals surface area (Å²) in [4.78, 5) is 24.4. The molecule has 5 aliphatic carbocycles. The van der Waals surface area contributed by atoms with Gasteiger partial charge in [-0.1, -0.05) is 25.7 Å². The van der Waals surface area contributed by atoms with Gasteiger partial charge in [-0.15, -0.1) is 0 Å². The van der Waals surface area contributed by atoms with Crippen LogP contribution in [0.25, 0.3) is 0 Å². The average molecular weight is 319 g/mol. The average Bonchev–Trinajstić information content (AvgIpc) is 2.70. The van der Waals surface area contributed by atoms with Crippen molar-refractivity contribution in [1.29, 1.82) is 0 Å². The second-order valence-corrected chi connectivity index (χ2v) is 8.76. The van der Waals surface area contributed by atoms with Crippen LogP contribution in [-0.4, -0.2) is 22.5 Å². The van der Waals surface area contributed by atoms with Crippen LogP contribution in [0.15, 0.2) is 0 Å². The molecule has 5 fully saturated rings. The number of carboxylic acids is 1. The zero-order valence-electron chi connectivity index (χ0n) is 14.0. The molecule has 2 bridgehead atoms.